The first-order valence-corrected chi connectivity index (χ1v) is 7.36. The van der Waals surface area contributed by atoms with Crippen molar-refractivity contribution in [1.29, 1.82) is 0 Å². The number of allylic oxidation sites excluding steroid dienone is 1. The van der Waals surface area contributed by atoms with Gasteiger partial charge in [-0.25, -0.2) is 0 Å². The van der Waals surface area contributed by atoms with Gasteiger partial charge in [-0.2, -0.15) is 0 Å². The SMILES string of the molecule is CC1=Cc2sc(C)c(C3CCCCC3)c2C1. The van der Waals surface area contributed by atoms with E-state index >= 15 is 0 Å². The van der Waals surface area contributed by atoms with E-state index in [1.807, 2.05) is 11.3 Å². The van der Waals surface area contributed by atoms with Crippen molar-refractivity contribution >= 4 is 17.4 Å². The van der Waals surface area contributed by atoms with Gasteiger partial charge in [-0.15, -0.1) is 11.3 Å². The molecule has 1 fully saturated rings. The quantitative estimate of drug-likeness (QED) is 0.634. The average Bonchev–Trinajstić information content (AvgIpc) is 2.74. The molecule has 2 aliphatic rings. The van der Waals surface area contributed by atoms with E-state index in [-0.39, 0.29) is 0 Å². The van der Waals surface area contributed by atoms with Crippen LogP contribution in [0.2, 0.25) is 0 Å². The summed E-state index contributed by atoms with van der Waals surface area (Å²) >= 11 is 2.02. The zero-order valence-electron chi connectivity index (χ0n) is 10.3. The van der Waals surface area contributed by atoms with E-state index < -0.39 is 0 Å². The van der Waals surface area contributed by atoms with Gasteiger partial charge in [0, 0.05) is 9.75 Å². The lowest BCUT2D eigenvalue weighted by molar-refractivity contribution is 0.442. The van der Waals surface area contributed by atoms with Crippen LogP contribution in [0.3, 0.4) is 0 Å². The van der Waals surface area contributed by atoms with Gasteiger partial charge in [0.05, 0.1) is 0 Å². The fourth-order valence-electron chi connectivity index (χ4n) is 3.40. The van der Waals surface area contributed by atoms with Crippen molar-refractivity contribution < 1.29 is 0 Å². The van der Waals surface area contributed by atoms with Crippen LogP contribution in [0, 0.1) is 6.92 Å². The van der Waals surface area contributed by atoms with E-state index in [0.717, 1.165) is 5.92 Å². The minimum atomic E-state index is 0.882. The monoisotopic (exact) mass is 232 g/mol. The maximum absolute atomic E-state index is 2.40. The summed E-state index contributed by atoms with van der Waals surface area (Å²) in [6.07, 6.45) is 10.8. The Morgan fingerprint density at radius 3 is 2.62 bits per heavy atom. The van der Waals surface area contributed by atoms with Gasteiger partial charge in [0.15, 0.2) is 0 Å². The Kier molecular flexibility index (Phi) is 2.67. The summed E-state index contributed by atoms with van der Waals surface area (Å²) in [4.78, 5) is 3.16. The molecule has 0 saturated heterocycles. The van der Waals surface area contributed by atoms with Gasteiger partial charge in [0.1, 0.15) is 0 Å². The summed E-state index contributed by atoms with van der Waals surface area (Å²) in [5, 5.41) is 0. The third-order valence-electron chi connectivity index (χ3n) is 4.11. The Bertz CT molecular complexity index is 431. The first-order chi connectivity index (χ1) is 7.75. The highest BCUT2D eigenvalue weighted by Gasteiger charge is 2.26. The second kappa shape index (κ2) is 4.03. The Morgan fingerprint density at radius 1 is 1.12 bits per heavy atom. The van der Waals surface area contributed by atoms with Crippen molar-refractivity contribution in [3.8, 4) is 0 Å². The first-order valence-electron chi connectivity index (χ1n) is 6.55. The predicted octanol–water partition coefficient (Wildman–Crippen LogP) is 5.06. The van der Waals surface area contributed by atoms with Crippen molar-refractivity contribution in [2.45, 2.75) is 58.3 Å². The molecule has 1 aromatic rings. The molecule has 0 aliphatic heterocycles. The van der Waals surface area contributed by atoms with Crippen LogP contribution < -0.4 is 0 Å². The normalized spacial score (nSPS) is 21.0. The van der Waals surface area contributed by atoms with Crippen LogP contribution in [0.4, 0.5) is 0 Å². The Balaban J connectivity index is 1.97. The molecule has 0 bridgehead atoms. The second-order valence-electron chi connectivity index (χ2n) is 5.42. The molecule has 0 nitrogen and oxygen atoms in total. The summed E-state index contributed by atoms with van der Waals surface area (Å²) in [5.74, 6) is 0.882. The van der Waals surface area contributed by atoms with Gasteiger partial charge in [0.25, 0.3) is 0 Å². The summed E-state index contributed by atoms with van der Waals surface area (Å²) in [7, 11) is 0. The number of fused-ring (bicyclic) bond motifs is 1. The van der Waals surface area contributed by atoms with Crippen LogP contribution in [-0.4, -0.2) is 0 Å². The highest BCUT2D eigenvalue weighted by molar-refractivity contribution is 7.13. The summed E-state index contributed by atoms with van der Waals surface area (Å²) in [5.41, 5.74) is 4.98. The van der Waals surface area contributed by atoms with Crippen LogP contribution >= 0.6 is 11.3 Å². The number of rotatable bonds is 1. The van der Waals surface area contributed by atoms with Gasteiger partial charge < -0.3 is 0 Å². The summed E-state index contributed by atoms with van der Waals surface area (Å²) in [6.45, 7) is 4.60. The lowest BCUT2D eigenvalue weighted by Gasteiger charge is -2.23. The van der Waals surface area contributed by atoms with Crippen LogP contribution in [0.5, 0.6) is 0 Å². The maximum Gasteiger partial charge on any atom is 0.0310 e. The zero-order chi connectivity index (χ0) is 11.1. The van der Waals surface area contributed by atoms with Gasteiger partial charge in [0.2, 0.25) is 0 Å². The fraction of sp³-hybridized carbons (Fsp3) is 0.600. The lowest BCUT2D eigenvalue weighted by Crippen LogP contribution is -2.06. The highest BCUT2D eigenvalue weighted by Crippen LogP contribution is 2.44. The molecule has 0 spiro atoms. The molecule has 3 rings (SSSR count). The van der Waals surface area contributed by atoms with Crippen LogP contribution in [0.15, 0.2) is 5.57 Å². The summed E-state index contributed by atoms with van der Waals surface area (Å²) in [6, 6.07) is 0. The van der Waals surface area contributed by atoms with E-state index in [9.17, 15) is 0 Å². The van der Waals surface area contributed by atoms with Crippen LogP contribution in [-0.2, 0) is 6.42 Å². The molecule has 1 aromatic heterocycles. The third kappa shape index (κ3) is 1.66. The van der Waals surface area contributed by atoms with Crippen molar-refractivity contribution in [1.82, 2.24) is 0 Å². The largest absolute Gasteiger partial charge is 0.141 e. The molecular formula is C15H20S. The molecule has 0 atom stereocenters. The summed E-state index contributed by atoms with van der Waals surface area (Å²) < 4.78 is 0. The lowest BCUT2D eigenvalue weighted by atomic mass is 9.82. The Hall–Kier alpha value is -0.560. The van der Waals surface area contributed by atoms with Gasteiger partial charge in [-0.1, -0.05) is 24.8 Å². The van der Waals surface area contributed by atoms with Gasteiger partial charge in [-0.3, -0.25) is 0 Å². The smallest absolute Gasteiger partial charge is 0.0310 e. The molecule has 1 saturated carbocycles. The minimum absolute atomic E-state index is 0.882. The topological polar surface area (TPSA) is 0 Å². The van der Waals surface area contributed by atoms with Crippen molar-refractivity contribution in [3.05, 3.63) is 26.5 Å². The number of hydrogen-bond donors (Lipinski definition) is 0. The highest BCUT2D eigenvalue weighted by atomic mass is 32.1. The fourth-order valence-corrected chi connectivity index (χ4v) is 4.70. The molecule has 86 valence electrons. The van der Waals surface area contributed by atoms with Crippen molar-refractivity contribution in [3.63, 3.8) is 0 Å². The molecular weight excluding hydrogens is 212 g/mol. The molecule has 0 unspecified atom stereocenters. The maximum atomic E-state index is 2.40. The molecule has 1 heteroatoms. The number of thiophene rings is 1. The number of aryl methyl sites for hydroxylation is 1. The molecule has 0 amide bonds. The van der Waals surface area contributed by atoms with Crippen LogP contribution in [0.1, 0.15) is 65.8 Å². The Labute approximate surface area is 102 Å². The predicted molar refractivity (Wildman–Crippen MR) is 72.2 cm³/mol. The average molecular weight is 232 g/mol. The first kappa shape index (κ1) is 10.6. The zero-order valence-corrected chi connectivity index (χ0v) is 11.1. The molecule has 0 N–H and O–H groups in total. The Morgan fingerprint density at radius 2 is 1.88 bits per heavy atom. The van der Waals surface area contributed by atoms with Gasteiger partial charge in [-0.05, 0) is 56.2 Å². The van der Waals surface area contributed by atoms with Crippen LogP contribution in [0.25, 0.3) is 6.08 Å². The number of hydrogen-bond acceptors (Lipinski definition) is 1. The standard InChI is InChI=1S/C15H20S/c1-10-8-13-14(9-10)16-11(2)15(13)12-6-4-3-5-7-12/h9,12H,3-8H2,1-2H3. The van der Waals surface area contributed by atoms with Crippen molar-refractivity contribution in [2.24, 2.45) is 0 Å². The molecule has 0 radical (unpaired) electrons. The second-order valence-corrected chi connectivity index (χ2v) is 6.67. The van der Waals surface area contributed by atoms with E-state index in [2.05, 4.69) is 19.9 Å². The minimum Gasteiger partial charge on any atom is -0.141 e. The van der Waals surface area contributed by atoms with E-state index in [0.29, 0.717) is 0 Å². The van der Waals surface area contributed by atoms with E-state index in [4.69, 9.17) is 0 Å². The van der Waals surface area contributed by atoms with E-state index in [1.54, 1.807) is 26.5 Å². The molecule has 2 aliphatic carbocycles. The van der Waals surface area contributed by atoms with Crippen molar-refractivity contribution in [2.75, 3.05) is 0 Å². The molecule has 0 aromatic carbocycles. The van der Waals surface area contributed by atoms with Gasteiger partial charge >= 0.3 is 0 Å². The third-order valence-corrected chi connectivity index (χ3v) is 5.22. The molecule has 1 heterocycles. The molecule has 16 heavy (non-hydrogen) atoms. The van der Waals surface area contributed by atoms with E-state index in [1.165, 1.54) is 38.5 Å².